The van der Waals surface area contributed by atoms with Crippen molar-refractivity contribution in [2.24, 2.45) is 0 Å². The van der Waals surface area contributed by atoms with Crippen LogP contribution < -0.4 is 21.9 Å². The van der Waals surface area contributed by atoms with Crippen LogP contribution in [0.25, 0.3) is 0 Å². The van der Waals surface area contributed by atoms with Gasteiger partial charge in [-0.2, -0.15) is 0 Å². The molecule has 8 nitrogen and oxygen atoms in total. The third-order valence-corrected chi connectivity index (χ3v) is 3.43. The summed E-state index contributed by atoms with van der Waals surface area (Å²) < 4.78 is 2.03. The number of aromatic nitrogens is 4. The van der Waals surface area contributed by atoms with Crippen LogP contribution in [0.5, 0.6) is 0 Å². The second-order valence-electron chi connectivity index (χ2n) is 5.18. The summed E-state index contributed by atoms with van der Waals surface area (Å²) in [5, 5.41) is 3.24. The average molecular weight is 324 g/mol. The van der Waals surface area contributed by atoms with Gasteiger partial charge < -0.3 is 15.6 Å². The normalized spacial score (nSPS) is 10.3. The number of imidazole rings is 1. The maximum Gasteiger partial charge on any atom is 0.173 e. The van der Waals surface area contributed by atoms with Crippen molar-refractivity contribution in [3.05, 3.63) is 55.4 Å². The largest absolute Gasteiger partial charge is 0.393 e. The Bertz CT molecular complexity index is 742. The Morgan fingerprint density at radius 3 is 2.67 bits per heavy atom. The smallest absolute Gasteiger partial charge is 0.173 e. The van der Waals surface area contributed by atoms with E-state index in [1.54, 1.807) is 12.5 Å². The van der Waals surface area contributed by atoms with Crippen molar-refractivity contribution in [1.29, 1.82) is 0 Å². The molecule has 5 N–H and O–H groups in total. The highest BCUT2D eigenvalue weighted by molar-refractivity contribution is 5.74. The molecule has 0 unspecified atom stereocenters. The Morgan fingerprint density at radius 2 is 1.88 bits per heavy atom. The maximum atomic E-state index is 6.12. The number of aryl methyl sites for hydroxylation is 1. The topological polar surface area (TPSA) is 106 Å². The summed E-state index contributed by atoms with van der Waals surface area (Å²) >= 11 is 0. The fraction of sp³-hybridized carbons (Fsp3) is 0.188. The molecule has 8 heteroatoms. The predicted molar refractivity (Wildman–Crippen MR) is 95.5 cm³/mol. The molecule has 0 saturated carbocycles. The molecule has 1 aromatic carbocycles. The average Bonchev–Trinajstić information content (AvgIpc) is 3.13. The van der Waals surface area contributed by atoms with Crippen LogP contribution in [0.4, 0.5) is 23.0 Å². The minimum absolute atomic E-state index is 0.476. The van der Waals surface area contributed by atoms with Gasteiger partial charge in [-0.15, -0.1) is 0 Å². The maximum absolute atomic E-state index is 6.12. The van der Waals surface area contributed by atoms with Crippen LogP contribution in [-0.2, 0) is 6.54 Å². The standard InChI is InChI=1S/C16H20N8/c17-14-15(19-7-4-9-24-10-8-18-12-24)20-11-21-16(14)23-22-13-5-2-1-3-6-13/h1-3,5-6,8,10-12,22H,4,7,9,17H2,(H2,19,20,21,23). The van der Waals surface area contributed by atoms with E-state index in [2.05, 4.69) is 31.1 Å². The zero-order chi connectivity index (χ0) is 16.6. The Labute approximate surface area is 140 Å². The molecule has 0 radical (unpaired) electrons. The van der Waals surface area contributed by atoms with Gasteiger partial charge in [-0.05, 0) is 18.6 Å². The van der Waals surface area contributed by atoms with E-state index in [-0.39, 0.29) is 0 Å². The van der Waals surface area contributed by atoms with Crippen molar-refractivity contribution in [2.45, 2.75) is 13.0 Å². The van der Waals surface area contributed by atoms with Gasteiger partial charge in [0.25, 0.3) is 0 Å². The quantitative estimate of drug-likeness (QED) is 0.372. The molecule has 0 saturated heterocycles. The number of hydrogen-bond donors (Lipinski definition) is 4. The zero-order valence-electron chi connectivity index (χ0n) is 13.2. The van der Waals surface area contributed by atoms with Gasteiger partial charge in [0.1, 0.15) is 12.0 Å². The molecular formula is C16H20N8. The number of nitrogen functional groups attached to an aromatic ring is 1. The van der Waals surface area contributed by atoms with E-state index in [0.717, 1.165) is 25.2 Å². The number of nitrogens with two attached hydrogens (primary N) is 1. The molecule has 0 fully saturated rings. The molecule has 0 spiro atoms. The highest BCUT2D eigenvalue weighted by Gasteiger charge is 2.07. The highest BCUT2D eigenvalue weighted by Crippen LogP contribution is 2.22. The lowest BCUT2D eigenvalue weighted by molar-refractivity contribution is 0.660. The van der Waals surface area contributed by atoms with E-state index in [1.165, 1.54) is 6.33 Å². The first-order chi connectivity index (χ1) is 11.8. The summed E-state index contributed by atoms with van der Waals surface area (Å²) in [6.45, 7) is 1.64. The first kappa shape index (κ1) is 15.6. The van der Waals surface area contributed by atoms with Crippen LogP contribution in [0.1, 0.15) is 6.42 Å². The van der Waals surface area contributed by atoms with E-state index in [4.69, 9.17) is 5.73 Å². The summed E-state index contributed by atoms with van der Waals surface area (Å²) in [7, 11) is 0. The molecular weight excluding hydrogens is 304 g/mol. The number of anilines is 4. The van der Waals surface area contributed by atoms with Crippen molar-refractivity contribution in [1.82, 2.24) is 19.5 Å². The monoisotopic (exact) mass is 324 g/mol. The summed E-state index contributed by atoms with van der Waals surface area (Å²) in [6.07, 6.45) is 7.93. The van der Waals surface area contributed by atoms with Crippen LogP contribution in [0, 0.1) is 0 Å². The highest BCUT2D eigenvalue weighted by atomic mass is 15.4. The van der Waals surface area contributed by atoms with E-state index >= 15 is 0 Å². The minimum atomic E-state index is 0.476. The number of rotatable bonds is 8. The van der Waals surface area contributed by atoms with E-state index in [0.29, 0.717) is 17.3 Å². The SMILES string of the molecule is Nc1c(NCCCn2ccnc2)ncnc1NNc1ccccc1. The third kappa shape index (κ3) is 4.13. The predicted octanol–water partition coefficient (Wildman–Crippen LogP) is 2.20. The second-order valence-corrected chi connectivity index (χ2v) is 5.18. The Morgan fingerprint density at radius 1 is 1.04 bits per heavy atom. The summed E-state index contributed by atoms with van der Waals surface area (Å²) in [6, 6.07) is 9.73. The van der Waals surface area contributed by atoms with Crippen molar-refractivity contribution in [2.75, 3.05) is 28.4 Å². The Balaban J connectivity index is 1.52. The Hall–Kier alpha value is -3.29. The molecule has 3 rings (SSSR count). The van der Waals surface area contributed by atoms with E-state index in [9.17, 15) is 0 Å². The number of hydrazine groups is 1. The van der Waals surface area contributed by atoms with Gasteiger partial charge in [0.2, 0.25) is 0 Å². The Kier molecular flexibility index (Phi) is 5.08. The zero-order valence-corrected chi connectivity index (χ0v) is 13.2. The molecule has 2 aromatic heterocycles. The van der Waals surface area contributed by atoms with Crippen LogP contribution in [0.2, 0.25) is 0 Å². The molecule has 0 bridgehead atoms. The molecule has 0 aliphatic carbocycles. The lowest BCUT2D eigenvalue weighted by atomic mass is 10.3. The molecule has 0 amide bonds. The van der Waals surface area contributed by atoms with Crippen molar-refractivity contribution in [3.63, 3.8) is 0 Å². The van der Waals surface area contributed by atoms with Crippen LogP contribution in [-0.4, -0.2) is 26.1 Å². The number of nitrogens with zero attached hydrogens (tertiary/aromatic N) is 4. The van der Waals surface area contributed by atoms with Gasteiger partial charge in [-0.1, -0.05) is 18.2 Å². The number of nitrogens with one attached hydrogen (secondary N) is 3. The molecule has 0 aliphatic rings. The number of hydrogen-bond acceptors (Lipinski definition) is 7. The van der Waals surface area contributed by atoms with Gasteiger partial charge in [0, 0.05) is 25.5 Å². The summed E-state index contributed by atoms with van der Waals surface area (Å²) in [5.74, 6) is 1.15. The fourth-order valence-electron chi connectivity index (χ4n) is 2.18. The number of para-hydroxylation sites is 1. The lowest BCUT2D eigenvalue weighted by Gasteiger charge is -2.13. The molecule has 2 heterocycles. The summed E-state index contributed by atoms with van der Waals surface area (Å²) in [4.78, 5) is 12.4. The van der Waals surface area contributed by atoms with Gasteiger partial charge >= 0.3 is 0 Å². The first-order valence-corrected chi connectivity index (χ1v) is 7.70. The van der Waals surface area contributed by atoms with Crippen LogP contribution in [0.3, 0.4) is 0 Å². The van der Waals surface area contributed by atoms with Gasteiger partial charge in [0.05, 0.1) is 12.0 Å². The van der Waals surface area contributed by atoms with Crippen molar-refractivity contribution >= 4 is 23.0 Å². The van der Waals surface area contributed by atoms with Gasteiger partial charge in [-0.3, -0.25) is 10.9 Å². The first-order valence-electron chi connectivity index (χ1n) is 7.70. The van der Waals surface area contributed by atoms with Crippen molar-refractivity contribution in [3.8, 4) is 0 Å². The minimum Gasteiger partial charge on any atom is -0.393 e. The molecule has 24 heavy (non-hydrogen) atoms. The van der Waals surface area contributed by atoms with Crippen LogP contribution >= 0.6 is 0 Å². The molecule has 3 aromatic rings. The van der Waals surface area contributed by atoms with E-state index < -0.39 is 0 Å². The van der Waals surface area contributed by atoms with Gasteiger partial charge in [-0.25, -0.2) is 15.0 Å². The molecule has 0 atom stereocenters. The van der Waals surface area contributed by atoms with Crippen molar-refractivity contribution < 1.29 is 0 Å². The second kappa shape index (κ2) is 7.82. The molecule has 0 aliphatic heterocycles. The third-order valence-electron chi connectivity index (χ3n) is 3.43. The van der Waals surface area contributed by atoms with Crippen LogP contribution in [0.15, 0.2) is 55.4 Å². The van der Waals surface area contributed by atoms with E-state index in [1.807, 2.05) is 41.1 Å². The van der Waals surface area contributed by atoms with Gasteiger partial charge in [0.15, 0.2) is 11.6 Å². The number of benzene rings is 1. The summed E-state index contributed by atoms with van der Waals surface area (Å²) in [5.41, 5.74) is 13.6. The molecule has 124 valence electrons. The fourth-order valence-corrected chi connectivity index (χ4v) is 2.18. The lowest BCUT2D eigenvalue weighted by Crippen LogP contribution is -2.15.